The van der Waals surface area contributed by atoms with Crippen molar-refractivity contribution < 1.29 is 13.9 Å². The molecule has 0 saturated heterocycles. The van der Waals surface area contributed by atoms with Gasteiger partial charge in [0.1, 0.15) is 11.6 Å². The van der Waals surface area contributed by atoms with Crippen molar-refractivity contribution in [3.8, 4) is 5.75 Å². The summed E-state index contributed by atoms with van der Waals surface area (Å²) in [5.41, 5.74) is 1.62. The maximum Gasteiger partial charge on any atom is 0.267 e. The normalized spacial score (nSPS) is 10.8. The van der Waals surface area contributed by atoms with E-state index < -0.39 is 0 Å². The minimum atomic E-state index is -0.366. The van der Waals surface area contributed by atoms with E-state index in [0.29, 0.717) is 22.4 Å². The summed E-state index contributed by atoms with van der Waals surface area (Å²) in [4.78, 5) is 23.2. The second kappa shape index (κ2) is 8.55. The molecule has 5 nitrogen and oxygen atoms in total. The standard InChI is InChI=1S/C21H15ClFN3O2S/c22-15-3-8-18-19(10-15)29-21(25-18)26(12-14-2-1-9-24-11-14)20(27)13-28-17-6-4-16(23)5-7-17/h1-11H,12-13H2. The van der Waals surface area contributed by atoms with Crippen molar-refractivity contribution >= 4 is 44.2 Å². The molecule has 0 fully saturated rings. The average molecular weight is 428 g/mol. The van der Waals surface area contributed by atoms with Crippen LogP contribution in [0.1, 0.15) is 5.56 Å². The molecule has 4 rings (SSSR count). The number of anilines is 1. The fourth-order valence-corrected chi connectivity index (χ4v) is 3.95. The molecule has 2 heterocycles. The summed E-state index contributed by atoms with van der Waals surface area (Å²) in [6, 6.07) is 14.6. The number of hydrogen-bond donors (Lipinski definition) is 0. The van der Waals surface area contributed by atoms with Crippen molar-refractivity contribution in [3.63, 3.8) is 0 Å². The van der Waals surface area contributed by atoms with Crippen LogP contribution in [0.5, 0.6) is 5.75 Å². The van der Waals surface area contributed by atoms with Gasteiger partial charge in [-0.15, -0.1) is 0 Å². The number of pyridine rings is 1. The number of carbonyl (C=O) groups is 1. The number of ether oxygens (including phenoxy) is 1. The summed E-state index contributed by atoms with van der Waals surface area (Å²) in [6.45, 7) is 0.0928. The second-order valence-corrected chi connectivity index (χ2v) is 7.64. The zero-order valence-electron chi connectivity index (χ0n) is 15.1. The lowest BCUT2D eigenvalue weighted by molar-refractivity contribution is -0.120. The van der Waals surface area contributed by atoms with Crippen LogP contribution < -0.4 is 9.64 Å². The maximum atomic E-state index is 13.1. The van der Waals surface area contributed by atoms with Gasteiger partial charge in [0.05, 0.1) is 16.8 Å². The highest BCUT2D eigenvalue weighted by atomic mass is 35.5. The van der Waals surface area contributed by atoms with Crippen LogP contribution in [0.2, 0.25) is 5.02 Å². The first kappa shape index (κ1) is 19.3. The Hall–Kier alpha value is -3.03. The molecule has 8 heteroatoms. The van der Waals surface area contributed by atoms with Crippen molar-refractivity contribution in [2.75, 3.05) is 11.5 Å². The van der Waals surface area contributed by atoms with Crippen LogP contribution in [-0.4, -0.2) is 22.5 Å². The van der Waals surface area contributed by atoms with Crippen molar-refractivity contribution in [2.24, 2.45) is 0 Å². The highest BCUT2D eigenvalue weighted by Gasteiger charge is 2.21. The Morgan fingerprint density at radius 3 is 2.76 bits per heavy atom. The van der Waals surface area contributed by atoms with E-state index in [1.54, 1.807) is 23.4 Å². The van der Waals surface area contributed by atoms with Crippen LogP contribution in [0.15, 0.2) is 67.0 Å². The first-order valence-corrected chi connectivity index (χ1v) is 9.92. The molecule has 0 unspecified atom stereocenters. The first-order valence-electron chi connectivity index (χ1n) is 8.72. The number of thiazole rings is 1. The minimum Gasteiger partial charge on any atom is -0.484 e. The average Bonchev–Trinajstić information content (AvgIpc) is 3.15. The third-order valence-corrected chi connectivity index (χ3v) is 5.39. The van der Waals surface area contributed by atoms with Gasteiger partial charge in [0.2, 0.25) is 0 Å². The number of aromatic nitrogens is 2. The number of hydrogen-bond acceptors (Lipinski definition) is 5. The zero-order valence-corrected chi connectivity index (χ0v) is 16.7. The van der Waals surface area contributed by atoms with E-state index in [2.05, 4.69) is 9.97 Å². The van der Waals surface area contributed by atoms with Crippen LogP contribution in [0.4, 0.5) is 9.52 Å². The summed E-state index contributed by atoms with van der Waals surface area (Å²) in [5, 5.41) is 1.15. The summed E-state index contributed by atoms with van der Waals surface area (Å²) >= 11 is 7.45. The van der Waals surface area contributed by atoms with Crippen molar-refractivity contribution in [1.82, 2.24) is 9.97 Å². The van der Waals surface area contributed by atoms with Crippen LogP contribution in [0.25, 0.3) is 10.2 Å². The predicted octanol–water partition coefficient (Wildman–Crippen LogP) is 5.10. The van der Waals surface area contributed by atoms with Crippen LogP contribution in [-0.2, 0) is 11.3 Å². The number of halogens is 2. The van der Waals surface area contributed by atoms with Crippen molar-refractivity contribution in [1.29, 1.82) is 0 Å². The Labute approximate surface area is 175 Å². The van der Waals surface area contributed by atoms with E-state index >= 15 is 0 Å². The molecule has 0 saturated carbocycles. The lowest BCUT2D eigenvalue weighted by Gasteiger charge is -2.20. The minimum absolute atomic E-state index is 0.206. The first-order chi connectivity index (χ1) is 14.1. The quantitative estimate of drug-likeness (QED) is 0.429. The molecule has 146 valence electrons. The molecule has 2 aromatic carbocycles. The van der Waals surface area contributed by atoms with Gasteiger partial charge < -0.3 is 4.74 Å². The van der Waals surface area contributed by atoms with E-state index in [-0.39, 0.29) is 18.3 Å². The largest absolute Gasteiger partial charge is 0.484 e. The highest BCUT2D eigenvalue weighted by Crippen LogP contribution is 2.31. The van der Waals surface area contributed by atoms with Crippen molar-refractivity contribution in [2.45, 2.75) is 6.54 Å². The van der Waals surface area contributed by atoms with Crippen LogP contribution >= 0.6 is 22.9 Å². The van der Waals surface area contributed by atoms with Gasteiger partial charge in [0, 0.05) is 17.4 Å². The Kier molecular flexibility index (Phi) is 5.69. The molecule has 2 aromatic heterocycles. The second-order valence-electron chi connectivity index (χ2n) is 6.19. The Morgan fingerprint density at radius 1 is 1.17 bits per heavy atom. The monoisotopic (exact) mass is 427 g/mol. The highest BCUT2D eigenvalue weighted by molar-refractivity contribution is 7.22. The Balaban J connectivity index is 1.59. The van der Waals surface area contributed by atoms with Gasteiger partial charge in [-0.2, -0.15) is 0 Å². The summed E-state index contributed by atoms with van der Waals surface area (Å²) < 4.78 is 19.5. The SMILES string of the molecule is O=C(COc1ccc(F)cc1)N(Cc1cccnc1)c1nc2ccc(Cl)cc2s1. The maximum absolute atomic E-state index is 13.1. The summed E-state index contributed by atoms with van der Waals surface area (Å²) in [7, 11) is 0. The van der Waals surface area contributed by atoms with E-state index in [0.717, 1.165) is 15.8 Å². The summed E-state index contributed by atoms with van der Waals surface area (Å²) in [5.74, 6) is -0.226. The summed E-state index contributed by atoms with van der Waals surface area (Å²) in [6.07, 6.45) is 3.37. The van der Waals surface area contributed by atoms with Gasteiger partial charge in [0.25, 0.3) is 5.91 Å². The molecular weight excluding hydrogens is 413 g/mol. The number of benzene rings is 2. The molecular formula is C21H15ClFN3O2S. The van der Waals surface area contributed by atoms with Gasteiger partial charge in [-0.1, -0.05) is 29.0 Å². The number of amides is 1. The molecule has 1 amide bonds. The Morgan fingerprint density at radius 2 is 2.00 bits per heavy atom. The number of nitrogens with zero attached hydrogens (tertiary/aromatic N) is 3. The van der Waals surface area contributed by atoms with Gasteiger partial charge in [-0.3, -0.25) is 14.7 Å². The van der Waals surface area contributed by atoms with Crippen molar-refractivity contribution in [3.05, 3.63) is 83.4 Å². The van der Waals surface area contributed by atoms with Gasteiger partial charge >= 0.3 is 0 Å². The van der Waals surface area contributed by atoms with E-state index in [9.17, 15) is 9.18 Å². The number of carbonyl (C=O) groups excluding carboxylic acids is 1. The molecule has 0 radical (unpaired) electrons. The zero-order chi connectivity index (χ0) is 20.2. The molecule has 0 bridgehead atoms. The predicted molar refractivity (Wildman–Crippen MR) is 112 cm³/mol. The molecule has 0 aliphatic carbocycles. The molecule has 0 spiro atoms. The fraction of sp³-hybridized carbons (Fsp3) is 0.0952. The molecule has 0 atom stereocenters. The third kappa shape index (κ3) is 4.70. The van der Waals surface area contributed by atoms with Crippen LogP contribution in [0.3, 0.4) is 0 Å². The molecule has 4 aromatic rings. The smallest absolute Gasteiger partial charge is 0.267 e. The number of rotatable bonds is 6. The third-order valence-electron chi connectivity index (χ3n) is 4.11. The van der Waals surface area contributed by atoms with E-state index in [1.807, 2.05) is 24.3 Å². The molecule has 0 aliphatic rings. The Bertz CT molecular complexity index is 1140. The topological polar surface area (TPSA) is 55.3 Å². The van der Waals surface area contributed by atoms with Gasteiger partial charge in [-0.05, 0) is 54.1 Å². The van der Waals surface area contributed by atoms with E-state index in [4.69, 9.17) is 16.3 Å². The fourth-order valence-electron chi connectivity index (χ4n) is 2.69. The van der Waals surface area contributed by atoms with E-state index in [1.165, 1.54) is 35.6 Å². The lowest BCUT2D eigenvalue weighted by Crippen LogP contribution is -2.34. The lowest BCUT2D eigenvalue weighted by atomic mass is 10.2. The number of fused-ring (bicyclic) bond motifs is 1. The molecule has 0 N–H and O–H groups in total. The molecule has 29 heavy (non-hydrogen) atoms. The van der Waals surface area contributed by atoms with Gasteiger partial charge in [0.15, 0.2) is 11.7 Å². The van der Waals surface area contributed by atoms with Gasteiger partial charge in [-0.25, -0.2) is 9.37 Å². The molecule has 0 aliphatic heterocycles. The van der Waals surface area contributed by atoms with Crippen LogP contribution in [0, 0.1) is 5.82 Å².